The van der Waals surface area contributed by atoms with Gasteiger partial charge >= 0.3 is 0 Å². The van der Waals surface area contributed by atoms with Gasteiger partial charge in [0.05, 0.1) is 0 Å². The van der Waals surface area contributed by atoms with Gasteiger partial charge in [0.15, 0.2) is 5.96 Å². The Bertz CT molecular complexity index is 360. The molecule has 2 unspecified atom stereocenters. The first-order valence-electron chi connectivity index (χ1n) is 9.09. The molecule has 0 amide bonds. The van der Waals surface area contributed by atoms with Crippen LogP contribution in [0.3, 0.4) is 0 Å². The summed E-state index contributed by atoms with van der Waals surface area (Å²) in [6, 6.07) is 0.572. The molecule has 5 nitrogen and oxygen atoms in total. The van der Waals surface area contributed by atoms with Gasteiger partial charge in [0.1, 0.15) is 0 Å². The van der Waals surface area contributed by atoms with E-state index in [1.54, 1.807) is 0 Å². The molecule has 0 aromatic carbocycles. The fraction of sp³-hybridized carbons (Fsp3) is 0.941. The Kier molecular flexibility index (Phi) is 7.99. The molecule has 2 atom stereocenters. The zero-order valence-electron chi connectivity index (χ0n) is 15.3. The summed E-state index contributed by atoms with van der Waals surface area (Å²) in [4.78, 5) is 9.45. The van der Waals surface area contributed by atoms with Crippen molar-refractivity contribution in [2.24, 2.45) is 10.9 Å². The van der Waals surface area contributed by atoms with Crippen LogP contribution in [0.1, 0.15) is 26.7 Å². The lowest BCUT2D eigenvalue weighted by atomic mass is 10.0. The summed E-state index contributed by atoms with van der Waals surface area (Å²) in [7, 11) is 4.09. The molecule has 2 heterocycles. The molecule has 2 saturated heterocycles. The van der Waals surface area contributed by atoms with Crippen molar-refractivity contribution in [3.63, 3.8) is 0 Å². The van der Waals surface area contributed by atoms with Crippen LogP contribution in [-0.4, -0.2) is 86.2 Å². The van der Waals surface area contributed by atoms with Crippen molar-refractivity contribution in [1.29, 1.82) is 0 Å². The summed E-state index contributed by atoms with van der Waals surface area (Å²) < 4.78 is 0. The summed E-state index contributed by atoms with van der Waals surface area (Å²) in [5.74, 6) is 2.92. The molecule has 2 fully saturated rings. The number of aliphatic imine (C=N–C) groups is 1. The zero-order chi connectivity index (χ0) is 16.7. The van der Waals surface area contributed by atoms with Gasteiger partial charge in [-0.05, 0) is 31.6 Å². The molecule has 0 aliphatic carbocycles. The third-order valence-corrected chi connectivity index (χ3v) is 6.40. The van der Waals surface area contributed by atoms with Crippen molar-refractivity contribution in [3.8, 4) is 0 Å². The summed E-state index contributed by atoms with van der Waals surface area (Å²) in [5.41, 5.74) is 0. The van der Waals surface area contributed by atoms with E-state index in [-0.39, 0.29) is 0 Å². The van der Waals surface area contributed by atoms with E-state index in [1.165, 1.54) is 44.8 Å². The van der Waals surface area contributed by atoms with Crippen LogP contribution >= 0.6 is 11.8 Å². The molecule has 2 N–H and O–H groups in total. The Morgan fingerprint density at radius 2 is 1.96 bits per heavy atom. The molecule has 0 radical (unpaired) electrons. The van der Waals surface area contributed by atoms with Gasteiger partial charge in [-0.2, -0.15) is 11.8 Å². The minimum absolute atomic E-state index is 0.572. The molecule has 2 aliphatic rings. The van der Waals surface area contributed by atoms with Crippen molar-refractivity contribution in [2.45, 2.75) is 38.0 Å². The van der Waals surface area contributed by atoms with Crippen LogP contribution in [-0.2, 0) is 0 Å². The summed E-state index contributed by atoms with van der Waals surface area (Å²) in [6.07, 6.45) is 2.70. The minimum Gasteiger partial charge on any atom is -0.355 e. The molecule has 0 saturated carbocycles. The van der Waals surface area contributed by atoms with Crippen LogP contribution < -0.4 is 10.6 Å². The van der Waals surface area contributed by atoms with Crippen molar-refractivity contribution in [2.75, 3.05) is 59.1 Å². The van der Waals surface area contributed by atoms with E-state index in [1.807, 2.05) is 7.05 Å². The number of piperazine rings is 1. The lowest BCUT2D eigenvalue weighted by molar-refractivity contribution is 0.0900. The maximum absolute atomic E-state index is 4.40. The highest BCUT2D eigenvalue weighted by molar-refractivity contribution is 8.00. The lowest BCUT2D eigenvalue weighted by Gasteiger charge is -2.40. The van der Waals surface area contributed by atoms with Crippen LogP contribution in [0, 0.1) is 5.92 Å². The molecule has 23 heavy (non-hydrogen) atoms. The monoisotopic (exact) mass is 341 g/mol. The standard InChI is InChI=1S/C17H35N5S/c1-14(2)16(22-9-7-21(4)8-10-22)13-20-17(18-3)19-12-15-6-5-11-23-15/h14-16H,5-13H2,1-4H3,(H2,18,19,20). The molecule has 0 aromatic heterocycles. The number of guanidine groups is 1. The molecular formula is C17H35N5S. The Labute approximate surface area is 146 Å². The molecule has 0 aromatic rings. The second kappa shape index (κ2) is 9.74. The fourth-order valence-corrected chi connectivity index (χ4v) is 4.58. The average molecular weight is 342 g/mol. The third kappa shape index (κ3) is 6.16. The van der Waals surface area contributed by atoms with Gasteiger partial charge in [0.2, 0.25) is 0 Å². The molecule has 6 heteroatoms. The zero-order valence-corrected chi connectivity index (χ0v) is 16.2. The van der Waals surface area contributed by atoms with Gasteiger partial charge in [-0.1, -0.05) is 13.8 Å². The number of nitrogens with zero attached hydrogens (tertiary/aromatic N) is 3. The van der Waals surface area contributed by atoms with E-state index in [4.69, 9.17) is 0 Å². The third-order valence-electron chi connectivity index (χ3n) is 5.00. The average Bonchev–Trinajstić information content (AvgIpc) is 3.05. The van der Waals surface area contributed by atoms with E-state index in [2.05, 4.69) is 58.1 Å². The second-order valence-electron chi connectivity index (χ2n) is 7.12. The summed E-state index contributed by atoms with van der Waals surface area (Å²) >= 11 is 2.09. The molecule has 0 spiro atoms. The van der Waals surface area contributed by atoms with Gasteiger partial charge < -0.3 is 15.5 Å². The minimum atomic E-state index is 0.572. The van der Waals surface area contributed by atoms with Crippen LogP contribution in [0.5, 0.6) is 0 Å². The number of hydrogen-bond donors (Lipinski definition) is 2. The highest BCUT2D eigenvalue weighted by Crippen LogP contribution is 2.25. The van der Waals surface area contributed by atoms with E-state index >= 15 is 0 Å². The van der Waals surface area contributed by atoms with Crippen molar-refractivity contribution in [1.82, 2.24) is 20.4 Å². The molecule has 0 bridgehead atoms. The fourth-order valence-electron chi connectivity index (χ4n) is 3.38. The van der Waals surface area contributed by atoms with Gasteiger partial charge in [-0.25, -0.2) is 0 Å². The molecular weight excluding hydrogens is 306 g/mol. The van der Waals surface area contributed by atoms with Gasteiger partial charge in [-0.15, -0.1) is 0 Å². The number of hydrogen-bond acceptors (Lipinski definition) is 4. The first kappa shape index (κ1) is 18.9. The Morgan fingerprint density at radius 3 is 2.52 bits per heavy atom. The molecule has 134 valence electrons. The smallest absolute Gasteiger partial charge is 0.191 e. The van der Waals surface area contributed by atoms with Crippen LogP contribution in [0.25, 0.3) is 0 Å². The van der Waals surface area contributed by atoms with Crippen molar-refractivity contribution < 1.29 is 0 Å². The van der Waals surface area contributed by atoms with Gasteiger partial charge in [0.25, 0.3) is 0 Å². The molecule has 2 rings (SSSR count). The quantitative estimate of drug-likeness (QED) is 0.563. The number of rotatable bonds is 6. The predicted molar refractivity (Wildman–Crippen MR) is 103 cm³/mol. The number of thioether (sulfide) groups is 1. The Balaban J connectivity index is 1.77. The van der Waals surface area contributed by atoms with E-state index in [0.717, 1.165) is 24.3 Å². The summed E-state index contributed by atoms with van der Waals surface area (Å²) in [6.45, 7) is 11.4. The van der Waals surface area contributed by atoms with Crippen LogP contribution in [0.15, 0.2) is 4.99 Å². The normalized spacial score (nSPS) is 25.8. The first-order valence-corrected chi connectivity index (χ1v) is 10.1. The van der Waals surface area contributed by atoms with E-state index in [9.17, 15) is 0 Å². The van der Waals surface area contributed by atoms with E-state index < -0.39 is 0 Å². The van der Waals surface area contributed by atoms with Crippen molar-refractivity contribution in [3.05, 3.63) is 0 Å². The second-order valence-corrected chi connectivity index (χ2v) is 8.53. The van der Waals surface area contributed by atoms with E-state index in [0.29, 0.717) is 12.0 Å². The van der Waals surface area contributed by atoms with Crippen LogP contribution in [0.4, 0.5) is 0 Å². The topological polar surface area (TPSA) is 42.9 Å². The molecule has 2 aliphatic heterocycles. The van der Waals surface area contributed by atoms with Crippen molar-refractivity contribution >= 4 is 17.7 Å². The lowest BCUT2D eigenvalue weighted by Crippen LogP contribution is -2.55. The SMILES string of the molecule is CN=C(NCC1CCCS1)NCC(C(C)C)N1CCN(C)CC1. The van der Waals surface area contributed by atoms with Crippen LogP contribution in [0.2, 0.25) is 0 Å². The Morgan fingerprint density at radius 1 is 1.22 bits per heavy atom. The maximum atomic E-state index is 4.40. The highest BCUT2D eigenvalue weighted by Gasteiger charge is 2.25. The largest absolute Gasteiger partial charge is 0.355 e. The summed E-state index contributed by atoms with van der Waals surface area (Å²) in [5, 5.41) is 7.82. The Hall–Kier alpha value is -0.460. The van der Waals surface area contributed by atoms with Gasteiger partial charge in [-0.3, -0.25) is 9.89 Å². The number of nitrogens with one attached hydrogen (secondary N) is 2. The van der Waals surface area contributed by atoms with Gasteiger partial charge in [0, 0.05) is 57.6 Å². The highest BCUT2D eigenvalue weighted by atomic mass is 32.2. The number of likely N-dealkylation sites (N-methyl/N-ethyl adjacent to an activating group) is 1. The maximum Gasteiger partial charge on any atom is 0.191 e. The first-order chi connectivity index (χ1) is 11.1. The predicted octanol–water partition coefficient (Wildman–Crippen LogP) is 1.32.